The monoisotopic (exact) mass is 417 g/mol. The second-order valence-electron chi connectivity index (χ2n) is 7.18. The predicted molar refractivity (Wildman–Crippen MR) is 115 cm³/mol. The van der Waals surface area contributed by atoms with Crippen LogP contribution in [0.3, 0.4) is 0 Å². The Morgan fingerprint density at radius 2 is 1.63 bits per heavy atom. The molecule has 3 aromatic rings. The Morgan fingerprint density at radius 3 is 2.30 bits per heavy atom. The van der Waals surface area contributed by atoms with E-state index in [-0.39, 0.29) is 11.4 Å². The molecule has 0 saturated carbocycles. The van der Waals surface area contributed by atoms with E-state index >= 15 is 0 Å². The number of carbonyl (C=O) groups is 1. The van der Waals surface area contributed by atoms with Crippen molar-refractivity contribution in [1.82, 2.24) is 0 Å². The molecular formula is C23H19N3O3S. The fourth-order valence-electron chi connectivity index (χ4n) is 3.43. The van der Waals surface area contributed by atoms with Crippen molar-refractivity contribution in [3.63, 3.8) is 0 Å². The molecule has 0 saturated heterocycles. The zero-order valence-electron chi connectivity index (χ0n) is 16.5. The quantitative estimate of drug-likeness (QED) is 0.628. The van der Waals surface area contributed by atoms with Gasteiger partial charge in [0.2, 0.25) is 0 Å². The summed E-state index contributed by atoms with van der Waals surface area (Å²) in [5.41, 5.74) is 3.86. The summed E-state index contributed by atoms with van der Waals surface area (Å²) in [7, 11) is -4.05. The van der Waals surface area contributed by atoms with Gasteiger partial charge in [0.15, 0.2) is 0 Å². The lowest BCUT2D eigenvalue weighted by Gasteiger charge is -2.36. The van der Waals surface area contributed by atoms with E-state index in [9.17, 15) is 13.2 Å². The van der Waals surface area contributed by atoms with Gasteiger partial charge in [-0.2, -0.15) is 9.57 Å². The van der Waals surface area contributed by atoms with Crippen molar-refractivity contribution in [1.29, 1.82) is 5.26 Å². The third-order valence-electron chi connectivity index (χ3n) is 5.23. The lowest BCUT2D eigenvalue weighted by Crippen LogP contribution is -2.50. The van der Waals surface area contributed by atoms with E-state index in [4.69, 9.17) is 5.26 Å². The second kappa shape index (κ2) is 7.32. The number of nitriles is 1. The molecule has 0 aromatic heterocycles. The van der Waals surface area contributed by atoms with Crippen LogP contribution in [0.1, 0.15) is 22.3 Å². The van der Waals surface area contributed by atoms with Gasteiger partial charge in [0, 0.05) is 0 Å². The number of benzene rings is 3. The lowest BCUT2D eigenvalue weighted by molar-refractivity contribution is 0.253. The number of hydrogen-bond acceptors (Lipinski definition) is 4. The van der Waals surface area contributed by atoms with Crippen molar-refractivity contribution < 1.29 is 13.2 Å². The van der Waals surface area contributed by atoms with Gasteiger partial charge in [-0.15, -0.1) is 0 Å². The van der Waals surface area contributed by atoms with E-state index in [0.29, 0.717) is 16.9 Å². The third-order valence-corrected chi connectivity index (χ3v) is 6.98. The summed E-state index contributed by atoms with van der Waals surface area (Å²) in [6.45, 7) is 3.99. The van der Waals surface area contributed by atoms with Crippen LogP contribution < -0.4 is 9.21 Å². The Kier molecular flexibility index (Phi) is 4.80. The van der Waals surface area contributed by atoms with Crippen LogP contribution in [0, 0.1) is 25.2 Å². The summed E-state index contributed by atoms with van der Waals surface area (Å²) in [5.74, 6) is 0. The van der Waals surface area contributed by atoms with Gasteiger partial charge in [-0.3, -0.25) is 4.90 Å². The van der Waals surface area contributed by atoms with E-state index in [0.717, 1.165) is 21.0 Å². The number of para-hydroxylation sites is 1. The number of sulfonamides is 1. The summed E-state index contributed by atoms with van der Waals surface area (Å²) in [4.78, 5) is 15.0. The Balaban J connectivity index is 1.84. The van der Waals surface area contributed by atoms with E-state index in [1.54, 1.807) is 60.7 Å². The van der Waals surface area contributed by atoms with Crippen LogP contribution in [0.4, 0.5) is 16.2 Å². The number of carbonyl (C=O) groups excluding carboxylic acids is 1. The number of anilines is 2. The van der Waals surface area contributed by atoms with Crippen molar-refractivity contribution in [3.05, 3.63) is 89.0 Å². The number of rotatable bonds is 3. The number of nitrogens with zero attached hydrogens (tertiary/aromatic N) is 3. The van der Waals surface area contributed by atoms with Crippen LogP contribution in [-0.2, 0) is 16.6 Å². The zero-order chi connectivity index (χ0) is 21.5. The van der Waals surface area contributed by atoms with Crippen LogP contribution >= 0.6 is 0 Å². The van der Waals surface area contributed by atoms with Gasteiger partial charge in [-0.25, -0.2) is 13.2 Å². The highest BCUT2D eigenvalue weighted by Gasteiger charge is 2.42. The van der Waals surface area contributed by atoms with Gasteiger partial charge in [-0.05, 0) is 66.9 Å². The molecule has 30 heavy (non-hydrogen) atoms. The van der Waals surface area contributed by atoms with Crippen molar-refractivity contribution in [2.45, 2.75) is 25.3 Å². The standard InChI is InChI=1S/C23H19N3O3S/c1-16-7-12-20(13-17(16)2)26-23(27)25(15-19-10-8-18(14-24)9-11-19)21-5-3-4-6-22(21)30(26,28)29/h3-13H,15H2,1-2H3. The number of aryl methyl sites for hydroxylation is 2. The molecule has 3 aromatic carbocycles. The zero-order valence-corrected chi connectivity index (χ0v) is 17.3. The topological polar surface area (TPSA) is 81.5 Å². The average Bonchev–Trinajstić information content (AvgIpc) is 2.74. The lowest BCUT2D eigenvalue weighted by atomic mass is 10.1. The Hall–Kier alpha value is -3.63. The van der Waals surface area contributed by atoms with E-state index in [1.807, 2.05) is 13.8 Å². The fourth-order valence-corrected chi connectivity index (χ4v) is 5.02. The van der Waals surface area contributed by atoms with Crippen molar-refractivity contribution >= 4 is 27.4 Å². The summed E-state index contributed by atoms with van der Waals surface area (Å²) in [6.07, 6.45) is 0. The highest BCUT2D eigenvalue weighted by atomic mass is 32.2. The van der Waals surface area contributed by atoms with Crippen molar-refractivity contribution in [2.24, 2.45) is 0 Å². The number of urea groups is 1. The molecule has 1 heterocycles. The van der Waals surface area contributed by atoms with Crippen LogP contribution in [0.5, 0.6) is 0 Å². The number of hydrogen-bond donors (Lipinski definition) is 0. The molecule has 4 rings (SSSR count). The van der Waals surface area contributed by atoms with E-state index in [2.05, 4.69) is 6.07 Å². The molecule has 0 radical (unpaired) electrons. The fraction of sp³-hybridized carbons (Fsp3) is 0.130. The maximum atomic E-state index is 13.4. The minimum atomic E-state index is -4.05. The first-order chi connectivity index (χ1) is 14.3. The SMILES string of the molecule is Cc1ccc(N2C(=O)N(Cc3ccc(C#N)cc3)c3ccccc3S2(=O)=O)cc1C. The van der Waals surface area contributed by atoms with Gasteiger partial charge < -0.3 is 0 Å². The van der Waals surface area contributed by atoms with Gasteiger partial charge >= 0.3 is 6.03 Å². The van der Waals surface area contributed by atoms with Crippen LogP contribution in [0.25, 0.3) is 0 Å². The van der Waals surface area contributed by atoms with Gasteiger partial charge in [0.05, 0.1) is 29.6 Å². The molecule has 0 fully saturated rings. The average molecular weight is 417 g/mol. The number of amides is 2. The first-order valence-corrected chi connectivity index (χ1v) is 10.8. The molecule has 2 amide bonds. The van der Waals surface area contributed by atoms with Gasteiger partial charge in [-0.1, -0.05) is 30.3 Å². The molecule has 1 aliphatic rings. The summed E-state index contributed by atoms with van der Waals surface area (Å²) < 4.78 is 27.5. The molecule has 0 spiro atoms. The Morgan fingerprint density at radius 1 is 0.933 bits per heavy atom. The molecule has 0 aliphatic carbocycles. The molecule has 1 aliphatic heterocycles. The van der Waals surface area contributed by atoms with Crippen LogP contribution in [0.15, 0.2) is 71.6 Å². The summed E-state index contributed by atoms with van der Waals surface area (Å²) in [6, 6.07) is 19.9. The molecule has 7 heteroatoms. The largest absolute Gasteiger partial charge is 0.343 e. The minimum Gasteiger partial charge on any atom is -0.287 e. The third kappa shape index (κ3) is 3.21. The Labute approximate surface area is 175 Å². The highest BCUT2D eigenvalue weighted by molar-refractivity contribution is 7.94. The van der Waals surface area contributed by atoms with E-state index < -0.39 is 16.1 Å². The maximum absolute atomic E-state index is 13.4. The van der Waals surface area contributed by atoms with Gasteiger partial charge in [0.1, 0.15) is 4.90 Å². The molecular weight excluding hydrogens is 398 g/mol. The van der Waals surface area contributed by atoms with Crippen LogP contribution in [0.2, 0.25) is 0 Å². The molecule has 0 atom stereocenters. The van der Waals surface area contributed by atoms with Crippen molar-refractivity contribution in [2.75, 3.05) is 9.21 Å². The predicted octanol–water partition coefficient (Wildman–Crippen LogP) is 4.51. The molecule has 150 valence electrons. The normalized spacial score (nSPS) is 14.9. The Bertz CT molecular complexity index is 1290. The second-order valence-corrected chi connectivity index (χ2v) is 8.94. The first-order valence-electron chi connectivity index (χ1n) is 9.35. The molecule has 6 nitrogen and oxygen atoms in total. The minimum absolute atomic E-state index is 0.0801. The molecule has 0 N–H and O–H groups in total. The van der Waals surface area contributed by atoms with Gasteiger partial charge in [0.25, 0.3) is 10.0 Å². The highest BCUT2D eigenvalue weighted by Crippen LogP contribution is 2.38. The van der Waals surface area contributed by atoms with Crippen molar-refractivity contribution in [3.8, 4) is 6.07 Å². The molecule has 0 bridgehead atoms. The summed E-state index contributed by atoms with van der Waals surface area (Å²) >= 11 is 0. The maximum Gasteiger partial charge on any atom is 0.343 e. The molecule has 0 unspecified atom stereocenters. The van der Waals surface area contributed by atoms with Crippen LogP contribution in [-0.4, -0.2) is 14.4 Å². The van der Waals surface area contributed by atoms with E-state index in [1.165, 1.54) is 11.0 Å². The smallest absolute Gasteiger partial charge is 0.287 e. The summed E-state index contributed by atoms with van der Waals surface area (Å²) in [5, 5.41) is 8.99. The number of fused-ring (bicyclic) bond motifs is 1. The first kappa shape index (κ1) is 19.7.